The molecule has 2 aromatic carbocycles. The lowest BCUT2D eigenvalue weighted by Gasteiger charge is -2.13. The van der Waals surface area contributed by atoms with Crippen LogP contribution in [0.3, 0.4) is 0 Å². The van der Waals surface area contributed by atoms with Crippen molar-refractivity contribution in [2.75, 3.05) is 7.11 Å². The van der Waals surface area contributed by atoms with Gasteiger partial charge in [-0.1, -0.05) is 35.3 Å². The van der Waals surface area contributed by atoms with Crippen LogP contribution in [0.2, 0.25) is 10.0 Å². The van der Waals surface area contributed by atoms with Gasteiger partial charge in [0.2, 0.25) is 0 Å². The van der Waals surface area contributed by atoms with Crippen LogP contribution in [0.1, 0.15) is 11.1 Å². The minimum absolute atomic E-state index is 0.238. The van der Waals surface area contributed by atoms with Gasteiger partial charge in [0.05, 0.1) is 12.1 Å². The number of nitrogens with zero attached hydrogens (tertiary/aromatic N) is 1. The number of carboxylic acid groups (broad SMARTS) is 1. The molecular weight excluding hydrogens is 365 g/mol. The predicted molar refractivity (Wildman–Crippen MR) is 95.0 cm³/mol. The molecule has 0 unspecified atom stereocenters. The van der Waals surface area contributed by atoms with Gasteiger partial charge in [0.25, 0.3) is 0 Å². The molecule has 0 atom stereocenters. The average Bonchev–Trinajstić information content (AvgIpc) is 2.59. The second kappa shape index (κ2) is 8.43. The first kappa shape index (κ1) is 18.7. The van der Waals surface area contributed by atoms with Crippen molar-refractivity contribution in [3.8, 4) is 17.6 Å². The molecule has 0 fully saturated rings. The highest BCUT2D eigenvalue weighted by atomic mass is 35.5. The molecule has 128 valence electrons. The van der Waals surface area contributed by atoms with Crippen LogP contribution in [0.4, 0.5) is 0 Å². The minimum Gasteiger partial charge on any atom is -0.493 e. The fraction of sp³-hybridized carbons (Fsp3) is 0.111. The third-order valence-corrected chi connectivity index (χ3v) is 3.74. The molecule has 25 heavy (non-hydrogen) atoms. The van der Waals surface area contributed by atoms with Gasteiger partial charge < -0.3 is 14.6 Å². The number of aliphatic carboxylic acids is 1. The number of rotatable bonds is 6. The first-order chi connectivity index (χ1) is 11.9. The molecule has 7 heteroatoms. The molecule has 0 saturated carbocycles. The van der Waals surface area contributed by atoms with Gasteiger partial charge in [-0.3, -0.25) is 0 Å². The number of benzene rings is 2. The number of nitriles is 1. The standard InChI is InChI=1S/C18H13Cl2NO4/c1-24-16-8-12(6-13(9-21)18(22)23)7-15(20)17(16)25-10-11-2-4-14(19)5-3-11/h2-8H,10H2,1H3,(H,22,23). The van der Waals surface area contributed by atoms with Gasteiger partial charge in [-0.2, -0.15) is 5.26 Å². The highest BCUT2D eigenvalue weighted by Gasteiger charge is 2.13. The molecule has 0 saturated heterocycles. The van der Waals surface area contributed by atoms with Crippen molar-refractivity contribution < 1.29 is 19.4 Å². The molecule has 0 amide bonds. The molecule has 0 spiro atoms. The van der Waals surface area contributed by atoms with Crippen molar-refractivity contribution in [3.63, 3.8) is 0 Å². The molecule has 0 bridgehead atoms. The smallest absolute Gasteiger partial charge is 0.346 e. The van der Waals surface area contributed by atoms with Gasteiger partial charge >= 0.3 is 5.97 Å². The first-order valence-electron chi connectivity index (χ1n) is 7.04. The fourth-order valence-electron chi connectivity index (χ4n) is 2.01. The number of carbonyl (C=O) groups is 1. The van der Waals surface area contributed by atoms with Crippen LogP contribution in [-0.2, 0) is 11.4 Å². The Morgan fingerprint density at radius 3 is 2.52 bits per heavy atom. The van der Waals surface area contributed by atoms with E-state index < -0.39 is 11.5 Å². The normalized spacial score (nSPS) is 10.9. The van der Waals surface area contributed by atoms with Crippen LogP contribution in [0.15, 0.2) is 42.0 Å². The first-order valence-corrected chi connectivity index (χ1v) is 7.80. The number of hydrogen-bond acceptors (Lipinski definition) is 4. The van der Waals surface area contributed by atoms with Gasteiger partial charge in [0, 0.05) is 5.02 Å². The monoisotopic (exact) mass is 377 g/mol. The highest BCUT2D eigenvalue weighted by Crippen LogP contribution is 2.37. The van der Waals surface area contributed by atoms with Crippen molar-refractivity contribution in [2.45, 2.75) is 6.61 Å². The molecule has 0 aliphatic rings. The third-order valence-electron chi connectivity index (χ3n) is 3.21. The Labute approximate surface area is 154 Å². The van der Waals surface area contributed by atoms with Crippen molar-refractivity contribution >= 4 is 35.2 Å². The largest absolute Gasteiger partial charge is 0.493 e. The summed E-state index contributed by atoms with van der Waals surface area (Å²) in [6.45, 7) is 0.251. The molecule has 2 rings (SSSR count). The molecular formula is C18H13Cl2NO4. The highest BCUT2D eigenvalue weighted by molar-refractivity contribution is 6.32. The molecule has 0 aliphatic carbocycles. The van der Waals surface area contributed by atoms with E-state index in [1.54, 1.807) is 24.3 Å². The van der Waals surface area contributed by atoms with E-state index in [4.69, 9.17) is 43.0 Å². The Bertz CT molecular complexity index is 855. The van der Waals surface area contributed by atoms with Crippen LogP contribution in [-0.4, -0.2) is 18.2 Å². The summed E-state index contributed by atoms with van der Waals surface area (Å²) in [5.41, 5.74) is 0.900. The Balaban J connectivity index is 2.29. The van der Waals surface area contributed by atoms with Crippen LogP contribution < -0.4 is 9.47 Å². The Kier molecular flexibility index (Phi) is 6.29. The number of methoxy groups -OCH3 is 1. The lowest BCUT2D eigenvalue weighted by atomic mass is 10.1. The summed E-state index contributed by atoms with van der Waals surface area (Å²) >= 11 is 12.1. The topological polar surface area (TPSA) is 79.5 Å². The SMILES string of the molecule is COc1cc(C=C(C#N)C(=O)O)cc(Cl)c1OCc1ccc(Cl)cc1. The van der Waals surface area contributed by atoms with Gasteiger partial charge in [0.15, 0.2) is 11.5 Å². The van der Waals surface area contributed by atoms with Crippen LogP contribution in [0.25, 0.3) is 6.08 Å². The molecule has 0 aromatic heterocycles. The molecule has 0 heterocycles. The van der Waals surface area contributed by atoms with Crippen molar-refractivity contribution in [1.29, 1.82) is 5.26 Å². The van der Waals surface area contributed by atoms with E-state index in [2.05, 4.69) is 0 Å². The molecule has 2 aromatic rings. The maximum absolute atomic E-state index is 10.9. The summed E-state index contributed by atoms with van der Waals surface area (Å²) in [6.07, 6.45) is 1.21. The second-order valence-corrected chi connectivity index (χ2v) is 5.77. The maximum atomic E-state index is 10.9. The quantitative estimate of drug-likeness (QED) is 0.588. The predicted octanol–water partition coefficient (Wildman–Crippen LogP) is 4.57. The number of hydrogen-bond donors (Lipinski definition) is 1. The van der Waals surface area contributed by atoms with Gasteiger partial charge in [-0.15, -0.1) is 0 Å². The zero-order valence-corrected chi connectivity index (χ0v) is 14.6. The van der Waals surface area contributed by atoms with Crippen LogP contribution in [0, 0.1) is 11.3 Å². The summed E-state index contributed by atoms with van der Waals surface area (Å²) in [6, 6.07) is 11.8. The molecule has 0 radical (unpaired) electrons. The summed E-state index contributed by atoms with van der Waals surface area (Å²) < 4.78 is 11.0. The second-order valence-electron chi connectivity index (χ2n) is 4.92. The van der Waals surface area contributed by atoms with E-state index in [1.165, 1.54) is 19.3 Å². The molecule has 0 aliphatic heterocycles. The molecule has 5 nitrogen and oxygen atoms in total. The summed E-state index contributed by atoms with van der Waals surface area (Å²) in [7, 11) is 1.44. The summed E-state index contributed by atoms with van der Waals surface area (Å²) in [5.74, 6) is -0.666. The summed E-state index contributed by atoms with van der Waals surface area (Å²) in [4.78, 5) is 10.9. The van der Waals surface area contributed by atoms with Crippen LogP contribution in [0.5, 0.6) is 11.5 Å². The Morgan fingerprint density at radius 1 is 1.28 bits per heavy atom. The van der Waals surface area contributed by atoms with E-state index in [9.17, 15) is 4.79 Å². The maximum Gasteiger partial charge on any atom is 0.346 e. The fourth-order valence-corrected chi connectivity index (χ4v) is 2.41. The number of carboxylic acids is 1. The van der Waals surface area contributed by atoms with Gasteiger partial charge in [-0.25, -0.2) is 4.79 Å². The van der Waals surface area contributed by atoms with Gasteiger partial charge in [-0.05, 0) is 41.5 Å². The zero-order chi connectivity index (χ0) is 18.4. The van der Waals surface area contributed by atoms with Crippen LogP contribution >= 0.6 is 23.2 Å². The third kappa shape index (κ3) is 4.90. The van der Waals surface area contributed by atoms with Crippen molar-refractivity contribution in [3.05, 3.63) is 63.1 Å². The number of ether oxygens (including phenoxy) is 2. The van der Waals surface area contributed by atoms with E-state index in [0.717, 1.165) is 5.56 Å². The summed E-state index contributed by atoms with van der Waals surface area (Å²) in [5, 5.41) is 18.6. The Morgan fingerprint density at radius 2 is 1.96 bits per heavy atom. The Hall–Kier alpha value is -2.68. The van der Waals surface area contributed by atoms with E-state index in [-0.39, 0.29) is 11.6 Å². The van der Waals surface area contributed by atoms with E-state index >= 15 is 0 Å². The van der Waals surface area contributed by atoms with E-state index in [1.807, 2.05) is 12.1 Å². The minimum atomic E-state index is -1.32. The molecule has 1 N–H and O–H groups in total. The average molecular weight is 378 g/mol. The number of halogens is 2. The van der Waals surface area contributed by atoms with Crippen molar-refractivity contribution in [1.82, 2.24) is 0 Å². The lowest BCUT2D eigenvalue weighted by molar-refractivity contribution is -0.132. The van der Waals surface area contributed by atoms with E-state index in [0.29, 0.717) is 22.1 Å². The van der Waals surface area contributed by atoms with Crippen molar-refractivity contribution in [2.24, 2.45) is 0 Å². The zero-order valence-electron chi connectivity index (χ0n) is 13.1. The van der Waals surface area contributed by atoms with Gasteiger partial charge in [0.1, 0.15) is 18.2 Å². The lowest BCUT2D eigenvalue weighted by Crippen LogP contribution is -2.00.